The van der Waals surface area contributed by atoms with Gasteiger partial charge in [0.05, 0.1) is 6.54 Å². The highest BCUT2D eigenvalue weighted by Crippen LogP contribution is 2.22. The fourth-order valence-corrected chi connectivity index (χ4v) is 1.86. The van der Waals surface area contributed by atoms with Crippen molar-refractivity contribution in [3.8, 4) is 0 Å². The Balaban J connectivity index is 2.66. The number of hydrogen-bond donors (Lipinski definition) is 1. The molecule has 1 saturated heterocycles. The molecule has 0 unspecified atom stereocenters. The van der Waals surface area contributed by atoms with Gasteiger partial charge in [0.1, 0.15) is 17.9 Å². The van der Waals surface area contributed by atoms with Crippen LogP contribution in [0.1, 0.15) is 40.0 Å². The third-order valence-corrected chi connectivity index (χ3v) is 2.71. The molecule has 1 heterocycles. The summed E-state index contributed by atoms with van der Waals surface area (Å²) < 4.78 is 18.0. The summed E-state index contributed by atoms with van der Waals surface area (Å²) in [5.41, 5.74) is -1.98. The van der Waals surface area contributed by atoms with E-state index in [1.807, 2.05) is 0 Å². The number of halogens is 1. The number of carbonyl (C=O) groups excluding carboxylic acids is 1. The first-order valence-corrected chi connectivity index (χ1v) is 6.02. The predicted octanol–water partition coefficient (Wildman–Crippen LogP) is 2.11. The van der Waals surface area contributed by atoms with Crippen molar-refractivity contribution in [1.29, 1.82) is 0 Å². The fourth-order valence-electron chi connectivity index (χ4n) is 1.86. The van der Waals surface area contributed by atoms with Crippen LogP contribution in [0.2, 0.25) is 0 Å². The van der Waals surface area contributed by atoms with E-state index in [0.717, 1.165) is 12.8 Å². The van der Waals surface area contributed by atoms with Crippen LogP contribution in [0, 0.1) is 0 Å². The van der Waals surface area contributed by atoms with Crippen molar-refractivity contribution in [3.05, 3.63) is 0 Å². The Morgan fingerprint density at radius 3 is 2.65 bits per heavy atom. The number of ether oxygens (including phenoxy) is 1. The molecule has 1 rings (SSSR count). The van der Waals surface area contributed by atoms with Gasteiger partial charge in [-0.05, 0) is 40.0 Å². The largest absolute Gasteiger partial charge is 0.444 e. The van der Waals surface area contributed by atoms with Gasteiger partial charge in [0.25, 0.3) is 0 Å². The molecule has 1 N–H and O–H groups in total. The Labute approximate surface area is 102 Å². The molecule has 4 nitrogen and oxygen atoms in total. The average Bonchev–Trinajstić information content (AvgIpc) is 2.39. The van der Waals surface area contributed by atoms with E-state index in [4.69, 9.17) is 4.74 Å². The SMILES string of the molecule is CC(C)(C)OC(=O)N1CCCC[C@](O)(CF)C1. The minimum atomic E-state index is -1.41. The Hall–Kier alpha value is -0.840. The molecule has 0 bridgehead atoms. The molecule has 0 aromatic heterocycles. The molecular formula is C12H22FNO3. The zero-order valence-electron chi connectivity index (χ0n) is 10.8. The van der Waals surface area contributed by atoms with Gasteiger partial charge >= 0.3 is 6.09 Å². The third kappa shape index (κ3) is 4.50. The average molecular weight is 247 g/mol. The summed E-state index contributed by atoms with van der Waals surface area (Å²) in [6, 6.07) is 0. The summed E-state index contributed by atoms with van der Waals surface area (Å²) in [7, 11) is 0. The minimum Gasteiger partial charge on any atom is -0.444 e. The molecule has 0 aromatic carbocycles. The summed E-state index contributed by atoms with van der Waals surface area (Å²) in [5.74, 6) is 0. The lowest BCUT2D eigenvalue weighted by atomic mass is 10.00. The normalized spacial score (nSPS) is 26.5. The number of β-amino-alcohol motifs (C(OH)–C–C–N with tert-alkyl or cyclic N) is 1. The summed E-state index contributed by atoms with van der Waals surface area (Å²) in [5, 5.41) is 9.95. The van der Waals surface area contributed by atoms with Crippen LogP contribution < -0.4 is 0 Å². The first kappa shape index (κ1) is 14.2. The van der Waals surface area contributed by atoms with Gasteiger partial charge < -0.3 is 14.7 Å². The van der Waals surface area contributed by atoms with Crippen LogP contribution >= 0.6 is 0 Å². The summed E-state index contributed by atoms with van der Waals surface area (Å²) in [6.07, 6.45) is 1.40. The van der Waals surface area contributed by atoms with E-state index in [2.05, 4.69) is 0 Å². The van der Waals surface area contributed by atoms with E-state index in [1.165, 1.54) is 4.90 Å². The minimum absolute atomic E-state index is 0.0123. The Bertz CT molecular complexity index is 277. The molecule has 17 heavy (non-hydrogen) atoms. The van der Waals surface area contributed by atoms with Gasteiger partial charge in [-0.25, -0.2) is 9.18 Å². The highest BCUT2D eigenvalue weighted by molar-refractivity contribution is 5.68. The lowest BCUT2D eigenvalue weighted by Gasteiger charge is -2.31. The Morgan fingerprint density at radius 1 is 1.47 bits per heavy atom. The fraction of sp³-hybridized carbons (Fsp3) is 0.917. The third-order valence-electron chi connectivity index (χ3n) is 2.71. The molecular weight excluding hydrogens is 225 g/mol. The van der Waals surface area contributed by atoms with Gasteiger partial charge in [0, 0.05) is 6.54 Å². The first-order valence-electron chi connectivity index (χ1n) is 6.02. The van der Waals surface area contributed by atoms with Crippen LogP contribution in [0.25, 0.3) is 0 Å². The number of likely N-dealkylation sites (tertiary alicyclic amines) is 1. The van der Waals surface area contributed by atoms with E-state index in [0.29, 0.717) is 13.0 Å². The van der Waals surface area contributed by atoms with E-state index >= 15 is 0 Å². The topological polar surface area (TPSA) is 49.8 Å². The smallest absolute Gasteiger partial charge is 0.410 e. The zero-order chi connectivity index (χ0) is 13.1. The molecule has 1 aliphatic rings. The summed E-state index contributed by atoms with van der Waals surface area (Å²) in [6.45, 7) is 5.04. The van der Waals surface area contributed by atoms with E-state index < -0.39 is 24.0 Å². The second-order valence-electron chi connectivity index (χ2n) is 5.72. The van der Waals surface area contributed by atoms with Crippen molar-refractivity contribution in [1.82, 2.24) is 4.90 Å². The number of hydrogen-bond acceptors (Lipinski definition) is 3. The van der Waals surface area contributed by atoms with E-state index in [9.17, 15) is 14.3 Å². The highest BCUT2D eigenvalue weighted by atomic mass is 19.1. The number of aliphatic hydroxyl groups is 1. The number of carbonyl (C=O) groups is 1. The molecule has 5 heteroatoms. The predicted molar refractivity (Wildman–Crippen MR) is 62.6 cm³/mol. The second kappa shape index (κ2) is 5.21. The maximum absolute atomic E-state index is 12.8. The molecule has 0 aliphatic carbocycles. The van der Waals surface area contributed by atoms with E-state index in [-0.39, 0.29) is 6.54 Å². The van der Waals surface area contributed by atoms with Gasteiger partial charge in [0.2, 0.25) is 0 Å². The van der Waals surface area contributed by atoms with Crippen molar-refractivity contribution >= 4 is 6.09 Å². The maximum Gasteiger partial charge on any atom is 0.410 e. The molecule has 0 saturated carbocycles. The second-order valence-corrected chi connectivity index (χ2v) is 5.72. The molecule has 1 fully saturated rings. The first-order chi connectivity index (χ1) is 7.76. The van der Waals surface area contributed by atoms with E-state index in [1.54, 1.807) is 20.8 Å². The van der Waals surface area contributed by atoms with Crippen molar-refractivity contribution in [2.75, 3.05) is 19.8 Å². The van der Waals surface area contributed by atoms with Gasteiger partial charge in [-0.15, -0.1) is 0 Å². The lowest BCUT2D eigenvalue weighted by molar-refractivity contribution is -0.0262. The molecule has 1 atom stereocenters. The maximum atomic E-state index is 12.8. The van der Waals surface area contributed by atoms with Crippen LogP contribution in [0.3, 0.4) is 0 Å². The van der Waals surface area contributed by atoms with Crippen LogP contribution in [0.15, 0.2) is 0 Å². The van der Waals surface area contributed by atoms with Gasteiger partial charge in [-0.3, -0.25) is 0 Å². The number of alkyl halides is 1. The lowest BCUT2D eigenvalue weighted by Crippen LogP contribution is -2.47. The monoisotopic (exact) mass is 247 g/mol. The van der Waals surface area contributed by atoms with Gasteiger partial charge in [-0.2, -0.15) is 0 Å². The van der Waals surface area contributed by atoms with Crippen LogP contribution in [0.5, 0.6) is 0 Å². The molecule has 1 amide bonds. The van der Waals surface area contributed by atoms with Crippen LogP contribution in [0.4, 0.5) is 9.18 Å². The van der Waals surface area contributed by atoms with Crippen molar-refractivity contribution in [2.45, 2.75) is 51.2 Å². The summed E-state index contributed by atoms with van der Waals surface area (Å²) in [4.78, 5) is 13.2. The molecule has 0 radical (unpaired) electrons. The van der Waals surface area contributed by atoms with Crippen molar-refractivity contribution < 1.29 is 19.0 Å². The summed E-state index contributed by atoms with van der Waals surface area (Å²) >= 11 is 0. The zero-order valence-corrected chi connectivity index (χ0v) is 10.8. The highest BCUT2D eigenvalue weighted by Gasteiger charge is 2.35. The number of rotatable bonds is 1. The van der Waals surface area contributed by atoms with Crippen LogP contribution in [-0.2, 0) is 4.74 Å². The Kier molecular flexibility index (Phi) is 4.36. The standard InChI is InChI=1S/C12H22FNO3/c1-11(2,3)17-10(15)14-7-5-4-6-12(16,8-13)9-14/h16H,4-9H2,1-3H3/t12-/m0/s1. The number of nitrogens with zero attached hydrogens (tertiary/aromatic N) is 1. The van der Waals surface area contributed by atoms with Gasteiger partial charge in [0.15, 0.2) is 0 Å². The Morgan fingerprint density at radius 2 is 2.12 bits per heavy atom. The van der Waals surface area contributed by atoms with Crippen molar-refractivity contribution in [2.24, 2.45) is 0 Å². The quantitative estimate of drug-likeness (QED) is 0.772. The molecule has 0 spiro atoms. The van der Waals surface area contributed by atoms with Crippen molar-refractivity contribution in [3.63, 3.8) is 0 Å². The number of amides is 1. The van der Waals surface area contributed by atoms with Gasteiger partial charge in [-0.1, -0.05) is 0 Å². The van der Waals surface area contributed by atoms with Crippen LogP contribution in [-0.4, -0.2) is 47.1 Å². The molecule has 0 aromatic rings. The molecule has 1 aliphatic heterocycles. The molecule has 100 valence electrons.